The van der Waals surface area contributed by atoms with Crippen LogP contribution in [0.2, 0.25) is 0 Å². The van der Waals surface area contributed by atoms with Crippen LogP contribution in [0.3, 0.4) is 0 Å². The van der Waals surface area contributed by atoms with Gasteiger partial charge in [0.1, 0.15) is 11.6 Å². The minimum atomic E-state index is -0.509. The second-order valence-electron chi connectivity index (χ2n) is 4.58. The molecular formula is C12H19N3O. The van der Waals surface area contributed by atoms with E-state index in [9.17, 15) is 5.11 Å². The summed E-state index contributed by atoms with van der Waals surface area (Å²) in [5.74, 6) is 1.60. The fourth-order valence-corrected chi connectivity index (χ4v) is 1.92. The predicted octanol–water partition coefficient (Wildman–Crippen LogP) is 1.67. The normalized spacial score (nSPS) is 17.9. The molecule has 4 nitrogen and oxygen atoms in total. The van der Waals surface area contributed by atoms with E-state index >= 15 is 0 Å². The lowest BCUT2D eigenvalue weighted by molar-refractivity contribution is -0.0202. The molecule has 88 valence electrons. The Morgan fingerprint density at radius 2 is 2.19 bits per heavy atom. The molecule has 1 heterocycles. The summed E-state index contributed by atoms with van der Waals surface area (Å²) >= 11 is 0. The average molecular weight is 221 g/mol. The Bertz CT molecular complexity index is 375. The molecule has 0 radical (unpaired) electrons. The Labute approximate surface area is 96.1 Å². The van der Waals surface area contributed by atoms with Crippen molar-refractivity contribution in [2.75, 3.05) is 11.9 Å². The quantitative estimate of drug-likeness (QED) is 0.812. The molecule has 0 amide bonds. The first-order valence-corrected chi connectivity index (χ1v) is 5.92. The molecule has 0 spiro atoms. The molecule has 0 atom stereocenters. The fraction of sp³-hybridized carbons (Fsp3) is 0.667. The molecule has 0 bridgehead atoms. The maximum absolute atomic E-state index is 9.96. The van der Waals surface area contributed by atoms with Crippen molar-refractivity contribution < 1.29 is 5.11 Å². The molecule has 4 heteroatoms. The molecule has 2 rings (SSSR count). The second kappa shape index (κ2) is 4.37. The van der Waals surface area contributed by atoms with E-state index in [-0.39, 0.29) is 0 Å². The molecule has 0 saturated heterocycles. The first-order valence-electron chi connectivity index (χ1n) is 5.92. The van der Waals surface area contributed by atoms with Crippen molar-refractivity contribution in [1.82, 2.24) is 9.97 Å². The third-order valence-corrected chi connectivity index (χ3v) is 3.14. The number of hydrogen-bond donors (Lipinski definition) is 2. The third kappa shape index (κ3) is 2.50. The number of hydrogen-bond acceptors (Lipinski definition) is 4. The number of aromatic nitrogens is 2. The third-order valence-electron chi connectivity index (χ3n) is 3.14. The summed E-state index contributed by atoms with van der Waals surface area (Å²) in [6.07, 6.45) is 3.82. The topological polar surface area (TPSA) is 58.0 Å². The zero-order chi connectivity index (χ0) is 11.6. The van der Waals surface area contributed by atoms with Crippen molar-refractivity contribution >= 4 is 5.82 Å². The standard InChI is InChI=1S/C12H19N3O/c1-3-10-7-11(15-9(2)14-10)13-8-12(16)5-4-6-12/h7,16H,3-6,8H2,1-2H3,(H,13,14,15). The van der Waals surface area contributed by atoms with E-state index in [0.29, 0.717) is 6.54 Å². The lowest BCUT2D eigenvalue weighted by Crippen LogP contribution is -2.43. The van der Waals surface area contributed by atoms with E-state index in [1.165, 1.54) is 0 Å². The van der Waals surface area contributed by atoms with Crippen LogP contribution in [0.5, 0.6) is 0 Å². The molecule has 16 heavy (non-hydrogen) atoms. The number of anilines is 1. The van der Waals surface area contributed by atoms with Gasteiger partial charge in [0.15, 0.2) is 0 Å². The lowest BCUT2D eigenvalue weighted by atomic mass is 9.80. The number of nitrogens with zero attached hydrogens (tertiary/aromatic N) is 2. The molecule has 0 unspecified atom stereocenters. The number of aliphatic hydroxyl groups is 1. The molecule has 2 N–H and O–H groups in total. The highest BCUT2D eigenvalue weighted by Crippen LogP contribution is 2.31. The molecule has 1 aromatic heterocycles. The molecule has 1 fully saturated rings. The van der Waals surface area contributed by atoms with Crippen molar-refractivity contribution in [1.29, 1.82) is 0 Å². The van der Waals surface area contributed by atoms with Crippen LogP contribution < -0.4 is 5.32 Å². The van der Waals surface area contributed by atoms with Crippen LogP contribution in [0.15, 0.2) is 6.07 Å². The summed E-state index contributed by atoms with van der Waals surface area (Å²) in [4.78, 5) is 8.63. The Morgan fingerprint density at radius 3 is 2.75 bits per heavy atom. The largest absolute Gasteiger partial charge is 0.388 e. The van der Waals surface area contributed by atoms with Crippen LogP contribution in [-0.4, -0.2) is 27.2 Å². The molecule has 1 aromatic rings. The predicted molar refractivity (Wildman–Crippen MR) is 63.4 cm³/mol. The average Bonchev–Trinajstić information content (AvgIpc) is 2.23. The summed E-state index contributed by atoms with van der Waals surface area (Å²) in [6.45, 7) is 4.56. The minimum Gasteiger partial charge on any atom is -0.388 e. The zero-order valence-electron chi connectivity index (χ0n) is 9.95. The summed E-state index contributed by atoms with van der Waals surface area (Å²) in [7, 11) is 0. The van der Waals surface area contributed by atoms with Gasteiger partial charge in [-0.1, -0.05) is 6.92 Å². The van der Waals surface area contributed by atoms with Gasteiger partial charge in [-0.15, -0.1) is 0 Å². The van der Waals surface area contributed by atoms with Gasteiger partial charge in [-0.25, -0.2) is 9.97 Å². The molecule has 1 saturated carbocycles. The fourth-order valence-electron chi connectivity index (χ4n) is 1.92. The van der Waals surface area contributed by atoms with Gasteiger partial charge in [-0.05, 0) is 32.6 Å². The summed E-state index contributed by atoms with van der Waals surface area (Å²) in [6, 6.07) is 1.95. The first kappa shape index (κ1) is 11.3. The van der Waals surface area contributed by atoms with E-state index in [1.54, 1.807) is 0 Å². The van der Waals surface area contributed by atoms with Crippen LogP contribution >= 0.6 is 0 Å². The summed E-state index contributed by atoms with van der Waals surface area (Å²) in [5.41, 5.74) is 0.529. The van der Waals surface area contributed by atoms with Crippen molar-refractivity contribution in [3.05, 3.63) is 17.6 Å². The van der Waals surface area contributed by atoms with Crippen LogP contribution in [0.1, 0.15) is 37.7 Å². The van der Waals surface area contributed by atoms with Crippen molar-refractivity contribution in [3.8, 4) is 0 Å². The lowest BCUT2D eigenvalue weighted by Gasteiger charge is -2.36. The Morgan fingerprint density at radius 1 is 1.44 bits per heavy atom. The number of rotatable bonds is 4. The SMILES string of the molecule is CCc1cc(NCC2(O)CCC2)nc(C)n1. The van der Waals surface area contributed by atoms with Crippen molar-refractivity contribution in [3.63, 3.8) is 0 Å². The van der Waals surface area contributed by atoms with Gasteiger partial charge in [0.05, 0.1) is 5.60 Å². The van der Waals surface area contributed by atoms with Gasteiger partial charge in [-0.3, -0.25) is 0 Å². The highest BCUT2D eigenvalue weighted by molar-refractivity contribution is 5.36. The molecular weight excluding hydrogens is 202 g/mol. The van der Waals surface area contributed by atoms with E-state index < -0.39 is 5.60 Å². The number of aryl methyl sites for hydroxylation is 2. The maximum atomic E-state index is 9.96. The molecule has 1 aliphatic rings. The number of nitrogens with one attached hydrogen (secondary N) is 1. The van der Waals surface area contributed by atoms with Crippen molar-refractivity contribution in [2.24, 2.45) is 0 Å². The smallest absolute Gasteiger partial charge is 0.130 e. The highest BCUT2D eigenvalue weighted by Gasteiger charge is 2.33. The second-order valence-corrected chi connectivity index (χ2v) is 4.58. The van der Waals surface area contributed by atoms with Crippen LogP contribution in [0, 0.1) is 6.92 Å². The van der Waals surface area contributed by atoms with Gasteiger partial charge >= 0.3 is 0 Å². The first-order chi connectivity index (χ1) is 7.61. The zero-order valence-corrected chi connectivity index (χ0v) is 9.95. The van der Waals surface area contributed by atoms with Crippen LogP contribution in [0.25, 0.3) is 0 Å². The maximum Gasteiger partial charge on any atom is 0.130 e. The van der Waals surface area contributed by atoms with Crippen LogP contribution in [0.4, 0.5) is 5.82 Å². The highest BCUT2D eigenvalue weighted by atomic mass is 16.3. The van der Waals surface area contributed by atoms with Gasteiger partial charge < -0.3 is 10.4 Å². The molecule has 0 aliphatic heterocycles. The van der Waals surface area contributed by atoms with Gasteiger partial charge in [0.2, 0.25) is 0 Å². The van der Waals surface area contributed by atoms with Gasteiger partial charge in [-0.2, -0.15) is 0 Å². The van der Waals surface area contributed by atoms with E-state index in [2.05, 4.69) is 22.2 Å². The Hall–Kier alpha value is -1.16. The summed E-state index contributed by atoms with van der Waals surface area (Å²) in [5, 5.41) is 13.2. The molecule has 0 aromatic carbocycles. The summed E-state index contributed by atoms with van der Waals surface area (Å²) < 4.78 is 0. The molecule has 1 aliphatic carbocycles. The van der Waals surface area contributed by atoms with E-state index in [0.717, 1.165) is 43.0 Å². The van der Waals surface area contributed by atoms with Gasteiger partial charge in [0, 0.05) is 18.3 Å². The van der Waals surface area contributed by atoms with Crippen molar-refractivity contribution in [2.45, 2.75) is 45.1 Å². The Balaban J connectivity index is 2.00. The van der Waals surface area contributed by atoms with E-state index in [4.69, 9.17) is 0 Å². The van der Waals surface area contributed by atoms with Crippen LogP contribution in [-0.2, 0) is 6.42 Å². The minimum absolute atomic E-state index is 0.509. The Kier molecular flexibility index (Phi) is 3.10. The monoisotopic (exact) mass is 221 g/mol. The van der Waals surface area contributed by atoms with E-state index in [1.807, 2.05) is 13.0 Å². The van der Waals surface area contributed by atoms with Gasteiger partial charge in [0.25, 0.3) is 0 Å².